The summed E-state index contributed by atoms with van der Waals surface area (Å²) >= 11 is 0. The Bertz CT molecular complexity index is 582. The van der Waals surface area contributed by atoms with Crippen LogP contribution in [0.25, 0.3) is 0 Å². The molecule has 2 aromatic carbocycles. The molecule has 20 heavy (non-hydrogen) atoms. The third kappa shape index (κ3) is 2.87. The monoisotopic (exact) mass is 268 g/mol. The highest BCUT2D eigenvalue weighted by Crippen LogP contribution is 2.31. The fourth-order valence-corrected chi connectivity index (χ4v) is 2.52. The summed E-state index contributed by atoms with van der Waals surface area (Å²) in [5.74, 6) is 0.265. The van der Waals surface area contributed by atoms with Crippen molar-refractivity contribution in [3.8, 4) is 5.75 Å². The van der Waals surface area contributed by atoms with E-state index in [1.54, 1.807) is 12.1 Å². The van der Waals surface area contributed by atoms with Crippen LogP contribution in [0.1, 0.15) is 27.8 Å². The van der Waals surface area contributed by atoms with Gasteiger partial charge in [0, 0.05) is 0 Å². The number of benzene rings is 2. The smallest absolute Gasteiger partial charge is 0.116 e. The first kappa shape index (κ1) is 14.3. The van der Waals surface area contributed by atoms with Gasteiger partial charge in [-0.1, -0.05) is 17.7 Å². The molecule has 104 valence electrons. The third-order valence-electron chi connectivity index (χ3n) is 3.36. The van der Waals surface area contributed by atoms with Crippen molar-refractivity contribution in [3.63, 3.8) is 0 Å². The highest BCUT2D eigenvalue weighted by atomic mass is 16.3. The molecule has 0 saturated heterocycles. The second-order valence-corrected chi connectivity index (χ2v) is 5.38. The van der Waals surface area contributed by atoms with Gasteiger partial charge in [0.2, 0.25) is 0 Å². The van der Waals surface area contributed by atoms with Crippen LogP contribution in [-0.2, 0) is 0 Å². The van der Waals surface area contributed by atoms with E-state index >= 15 is 0 Å². The predicted octanol–water partition coefficient (Wildman–Crippen LogP) is 5.35. The van der Waals surface area contributed by atoms with Crippen molar-refractivity contribution in [2.24, 2.45) is 10.2 Å². The number of phenolic OH excluding ortho intramolecular Hbond substituents is 1. The number of hydrogen-bond acceptors (Lipinski definition) is 3. The fourth-order valence-electron chi connectivity index (χ4n) is 2.52. The van der Waals surface area contributed by atoms with Crippen molar-refractivity contribution >= 4 is 11.4 Å². The minimum atomic E-state index is 0.265. The Kier molecular flexibility index (Phi) is 3.89. The Hall–Kier alpha value is -2.16. The molecule has 0 spiro atoms. The summed E-state index contributed by atoms with van der Waals surface area (Å²) in [7, 11) is 0. The SMILES string of the molecule is Cc1cc(C)c(N=Nc2c(C)cc(O)cc2C)c(C)c1. The maximum atomic E-state index is 9.55. The van der Waals surface area contributed by atoms with Crippen LogP contribution < -0.4 is 0 Å². The Balaban J connectivity index is 2.45. The third-order valence-corrected chi connectivity index (χ3v) is 3.36. The van der Waals surface area contributed by atoms with E-state index in [0.717, 1.165) is 33.6 Å². The highest BCUT2D eigenvalue weighted by Gasteiger charge is 2.06. The van der Waals surface area contributed by atoms with Crippen molar-refractivity contribution in [2.75, 3.05) is 0 Å². The van der Waals surface area contributed by atoms with E-state index in [2.05, 4.69) is 29.3 Å². The molecular formula is C17H20N2O. The zero-order chi connectivity index (χ0) is 14.9. The first-order valence-electron chi connectivity index (χ1n) is 6.68. The molecule has 0 amide bonds. The lowest BCUT2D eigenvalue weighted by atomic mass is 10.1. The number of nitrogens with zero attached hydrogens (tertiary/aromatic N) is 2. The molecule has 0 saturated carbocycles. The van der Waals surface area contributed by atoms with Gasteiger partial charge in [-0.3, -0.25) is 0 Å². The number of rotatable bonds is 2. The normalized spacial score (nSPS) is 11.2. The van der Waals surface area contributed by atoms with E-state index < -0.39 is 0 Å². The first-order chi connectivity index (χ1) is 9.38. The van der Waals surface area contributed by atoms with Crippen LogP contribution in [0.15, 0.2) is 34.5 Å². The van der Waals surface area contributed by atoms with E-state index in [1.807, 2.05) is 27.7 Å². The summed E-state index contributed by atoms with van der Waals surface area (Å²) in [5.41, 5.74) is 7.07. The van der Waals surface area contributed by atoms with Gasteiger partial charge in [-0.25, -0.2) is 0 Å². The molecule has 2 aromatic rings. The number of aryl methyl sites for hydroxylation is 5. The van der Waals surface area contributed by atoms with E-state index in [-0.39, 0.29) is 5.75 Å². The maximum Gasteiger partial charge on any atom is 0.116 e. The van der Waals surface area contributed by atoms with Gasteiger partial charge in [0.15, 0.2) is 0 Å². The van der Waals surface area contributed by atoms with E-state index in [4.69, 9.17) is 0 Å². The summed E-state index contributed by atoms with van der Waals surface area (Å²) in [6.45, 7) is 10.0. The molecule has 0 bridgehead atoms. The Labute approximate surface area is 120 Å². The summed E-state index contributed by atoms with van der Waals surface area (Å²) in [4.78, 5) is 0. The molecule has 0 aliphatic rings. The van der Waals surface area contributed by atoms with Gasteiger partial charge in [-0.05, 0) is 69.0 Å². The standard InChI is InChI=1S/C17H20N2O/c1-10-6-11(2)16(12(3)7-10)18-19-17-13(4)8-15(20)9-14(17)5/h6-9,20H,1-5H3. The van der Waals surface area contributed by atoms with Gasteiger partial charge in [-0.15, -0.1) is 10.2 Å². The molecule has 0 fully saturated rings. The van der Waals surface area contributed by atoms with Crippen LogP contribution in [0.4, 0.5) is 11.4 Å². The van der Waals surface area contributed by atoms with Crippen molar-refractivity contribution < 1.29 is 5.11 Å². The molecule has 3 heteroatoms. The Morgan fingerprint density at radius 2 is 1.00 bits per heavy atom. The number of phenols is 1. The molecule has 1 N–H and O–H groups in total. The molecule has 0 heterocycles. The minimum absolute atomic E-state index is 0.265. The molecular weight excluding hydrogens is 248 g/mol. The summed E-state index contributed by atoms with van der Waals surface area (Å²) in [5, 5.41) is 18.3. The summed E-state index contributed by atoms with van der Waals surface area (Å²) in [6, 6.07) is 7.63. The number of aromatic hydroxyl groups is 1. The lowest BCUT2D eigenvalue weighted by molar-refractivity contribution is 0.474. The van der Waals surface area contributed by atoms with Crippen LogP contribution >= 0.6 is 0 Å². The largest absolute Gasteiger partial charge is 0.508 e. The van der Waals surface area contributed by atoms with Gasteiger partial charge in [-0.2, -0.15) is 0 Å². The van der Waals surface area contributed by atoms with E-state index in [0.29, 0.717) is 0 Å². The van der Waals surface area contributed by atoms with Gasteiger partial charge in [0.05, 0.1) is 11.4 Å². The molecule has 3 nitrogen and oxygen atoms in total. The Morgan fingerprint density at radius 1 is 0.650 bits per heavy atom. The summed E-state index contributed by atoms with van der Waals surface area (Å²) < 4.78 is 0. The maximum absolute atomic E-state index is 9.55. The highest BCUT2D eigenvalue weighted by molar-refractivity contribution is 5.57. The van der Waals surface area contributed by atoms with Gasteiger partial charge < -0.3 is 5.11 Å². The zero-order valence-corrected chi connectivity index (χ0v) is 12.7. The molecule has 0 radical (unpaired) electrons. The minimum Gasteiger partial charge on any atom is -0.508 e. The van der Waals surface area contributed by atoms with Gasteiger partial charge in [0.1, 0.15) is 5.75 Å². The average molecular weight is 268 g/mol. The van der Waals surface area contributed by atoms with E-state index in [1.165, 1.54) is 5.56 Å². The topological polar surface area (TPSA) is 45.0 Å². The van der Waals surface area contributed by atoms with Crippen LogP contribution in [0.3, 0.4) is 0 Å². The quantitative estimate of drug-likeness (QED) is 0.733. The second-order valence-electron chi connectivity index (χ2n) is 5.38. The molecule has 0 aliphatic heterocycles. The first-order valence-corrected chi connectivity index (χ1v) is 6.68. The molecule has 2 rings (SSSR count). The molecule has 0 atom stereocenters. The van der Waals surface area contributed by atoms with Crippen molar-refractivity contribution in [3.05, 3.63) is 52.1 Å². The van der Waals surface area contributed by atoms with Crippen LogP contribution in [0.2, 0.25) is 0 Å². The van der Waals surface area contributed by atoms with Crippen LogP contribution in [0, 0.1) is 34.6 Å². The van der Waals surface area contributed by atoms with Gasteiger partial charge >= 0.3 is 0 Å². The number of hydrogen-bond donors (Lipinski definition) is 1. The lowest BCUT2D eigenvalue weighted by Gasteiger charge is -2.07. The Morgan fingerprint density at radius 3 is 1.40 bits per heavy atom. The van der Waals surface area contributed by atoms with Crippen LogP contribution in [-0.4, -0.2) is 5.11 Å². The lowest BCUT2D eigenvalue weighted by Crippen LogP contribution is -1.84. The molecule has 0 aromatic heterocycles. The van der Waals surface area contributed by atoms with Crippen LogP contribution in [0.5, 0.6) is 5.75 Å². The molecule has 0 aliphatic carbocycles. The van der Waals surface area contributed by atoms with Crippen molar-refractivity contribution in [2.45, 2.75) is 34.6 Å². The number of azo groups is 1. The average Bonchev–Trinajstić information content (AvgIpc) is 2.30. The molecule has 0 unspecified atom stereocenters. The summed E-state index contributed by atoms with van der Waals surface area (Å²) in [6.07, 6.45) is 0. The zero-order valence-electron chi connectivity index (χ0n) is 12.7. The predicted molar refractivity (Wildman–Crippen MR) is 82.4 cm³/mol. The van der Waals surface area contributed by atoms with E-state index in [9.17, 15) is 5.11 Å². The second kappa shape index (κ2) is 5.45. The van der Waals surface area contributed by atoms with Crippen molar-refractivity contribution in [1.29, 1.82) is 0 Å². The fraction of sp³-hybridized carbons (Fsp3) is 0.294. The van der Waals surface area contributed by atoms with Crippen molar-refractivity contribution in [1.82, 2.24) is 0 Å². The van der Waals surface area contributed by atoms with Gasteiger partial charge in [0.25, 0.3) is 0 Å².